The molecule has 0 aliphatic rings. The SMILES string of the molecule is CC[C@@H](C)NC(=O)[C@@H](CC)N(Cc1cccc(C)c1)C(=O)CCCN(c1ccc(F)cc1)S(C)(=O)=O. The molecule has 0 bridgehead atoms. The molecule has 2 aromatic rings. The summed E-state index contributed by atoms with van der Waals surface area (Å²) in [5.74, 6) is -0.886. The number of halogens is 1. The van der Waals surface area contributed by atoms with Gasteiger partial charge in [0.2, 0.25) is 21.8 Å². The number of nitrogens with one attached hydrogen (secondary N) is 1. The number of carbonyl (C=O) groups is 2. The highest BCUT2D eigenvalue weighted by atomic mass is 32.2. The Bertz CT molecular complexity index is 1120. The third-order valence-electron chi connectivity index (χ3n) is 6.09. The Morgan fingerprint density at radius 3 is 2.28 bits per heavy atom. The molecule has 0 fully saturated rings. The van der Waals surface area contributed by atoms with Gasteiger partial charge in [0.1, 0.15) is 11.9 Å². The highest BCUT2D eigenvalue weighted by Crippen LogP contribution is 2.20. The second-order valence-corrected chi connectivity index (χ2v) is 11.1. The van der Waals surface area contributed by atoms with Crippen LogP contribution in [0.2, 0.25) is 0 Å². The van der Waals surface area contributed by atoms with Crippen molar-refractivity contribution in [1.82, 2.24) is 10.2 Å². The predicted octanol–water partition coefficient (Wildman–Crippen LogP) is 4.40. The molecule has 0 radical (unpaired) electrons. The van der Waals surface area contributed by atoms with Gasteiger partial charge in [0.05, 0.1) is 11.9 Å². The zero-order valence-corrected chi connectivity index (χ0v) is 22.6. The first kappa shape index (κ1) is 29.3. The molecule has 0 aliphatic carbocycles. The topological polar surface area (TPSA) is 86.8 Å². The number of hydrogen-bond donors (Lipinski definition) is 1. The largest absolute Gasteiger partial charge is 0.352 e. The van der Waals surface area contributed by atoms with E-state index in [1.807, 2.05) is 52.0 Å². The van der Waals surface area contributed by atoms with Gasteiger partial charge in [0.15, 0.2) is 0 Å². The van der Waals surface area contributed by atoms with Crippen molar-refractivity contribution in [3.63, 3.8) is 0 Å². The van der Waals surface area contributed by atoms with Gasteiger partial charge in [0.25, 0.3) is 0 Å². The maximum Gasteiger partial charge on any atom is 0.243 e. The van der Waals surface area contributed by atoms with Gasteiger partial charge in [-0.1, -0.05) is 43.7 Å². The number of sulfonamides is 1. The van der Waals surface area contributed by atoms with Crippen molar-refractivity contribution in [3.05, 3.63) is 65.5 Å². The molecule has 2 aromatic carbocycles. The molecule has 2 amide bonds. The van der Waals surface area contributed by atoms with Crippen LogP contribution in [0.25, 0.3) is 0 Å². The molecule has 0 saturated heterocycles. The summed E-state index contributed by atoms with van der Waals surface area (Å²) in [6.07, 6.45) is 2.61. The Hall–Kier alpha value is -2.94. The number of amides is 2. The zero-order chi connectivity index (χ0) is 26.9. The Morgan fingerprint density at radius 1 is 1.06 bits per heavy atom. The van der Waals surface area contributed by atoms with Crippen molar-refractivity contribution in [3.8, 4) is 0 Å². The molecule has 0 unspecified atom stereocenters. The van der Waals surface area contributed by atoms with Crippen molar-refractivity contribution < 1.29 is 22.4 Å². The maximum atomic E-state index is 13.4. The smallest absolute Gasteiger partial charge is 0.243 e. The third-order valence-corrected chi connectivity index (χ3v) is 7.28. The molecule has 36 heavy (non-hydrogen) atoms. The second kappa shape index (κ2) is 13.4. The van der Waals surface area contributed by atoms with Crippen LogP contribution in [0.15, 0.2) is 48.5 Å². The Kier molecular flexibility index (Phi) is 10.9. The molecule has 2 atom stereocenters. The van der Waals surface area contributed by atoms with Crippen molar-refractivity contribution >= 4 is 27.5 Å². The van der Waals surface area contributed by atoms with Crippen molar-refractivity contribution in [2.75, 3.05) is 17.1 Å². The minimum atomic E-state index is -3.63. The fourth-order valence-electron chi connectivity index (χ4n) is 3.98. The number of benzene rings is 2. The monoisotopic (exact) mass is 519 g/mol. The molecule has 0 aromatic heterocycles. The molecule has 0 heterocycles. The number of nitrogens with zero attached hydrogens (tertiary/aromatic N) is 2. The summed E-state index contributed by atoms with van der Waals surface area (Å²) in [6.45, 7) is 8.09. The first-order valence-electron chi connectivity index (χ1n) is 12.3. The summed E-state index contributed by atoms with van der Waals surface area (Å²) >= 11 is 0. The van der Waals surface area contributed by atoms with Gasteiger partial charge >= 0.3 is 0 Å². The van der Waals surface area contributed by atoms with Gasteiger partial charge in [0, 0.05) is 25.6 Å². The molecule has 1 N–H and O–H groups in total. The summed E-state index contributed by atoms with van der Waals surface area (Å²) < 4.78 is 39.2. The van der Waals surface area contributed by atoms with E-state index >= 15 is 0 Å². The van der Waals surface area contributed by atoms with Crippen LogP contribution in [0.5, 0.6) is 0 Å². The van der Waals surface area contributed by atoms with Crippen LogP contribution in [0.1, 0.15) is 57.6 Å². The minimum absolute atomic E-state index is 0.0125. The van der Waals surface area contributed by atoms with Gasteiger partial charge in [-0.05, 0) is 62.9 Å². The number of carbonyl (C=O) groups excluding carboxylic acids is 2. The lowest BCUT2D eigenvalue weighted by molar-refractivity contribution is -0.141. The highest BCUT2D eigenvalue weighted by molar-refractivity contribution is 7.92. The van der Waals surface area contributed by atoms with Crippen molar-refractivity contribution in [2.24, 2.45) is 0 Å². The lowest BCUT2D eigenvalue weighted by atomic mass is 10.1. The van der Waals surface area contributed by atoms with Crippen LogP contribution in [0.3, 0.4) is 0 Å². The molecule has 0 saturated carbocycles. The third kappa shape index (κ3) is 8.62. The molecule has 198 valence electrons. The molecule has 0 aliphatic heterocycles. The summed E-state index contributed by atoms with van der Waals surface area (Å²) in [5.41, 5.74) is 2.31. The minimum Gasteiger partial charge on any atom is -0.352 e. The van der Waals surface area contributed by atoms with Gasteiger partial charge in [-0.3, -0.25) is 13.9 Å². The fraction of sp³-hybridized carbons (Fsp3) is 0.481. The number of rotatable bonds is 13. The van der Waals surface area contributed by atoms with Gasteiger partial charge < -0.3 is 10.2 Å². The van der Waals surface area contributed by atoms with E-state index in [4.69, 9.17) is 0 Å². The normalized spacial score (nSPS) is 13.1. The van der Waals surface area contributed by atoms with Crippen LogP contribution in [-0.4, -0.2) is 50.0 Å². The number of aryl methyl sites for hydroxylation is 1. The van der Waals surface area contributed by atoms with Crippen molar-refractivity contribution in [2.45, 2.75) is 72.0 Å². The molecular weight excluding hydrogens is 481 g/mol. The molecule has 9 heteroatoms. The van der Waals surface area contributed by atoms with E-state index in [9.17, 15) is 22.4 Å². The molecular formula is C27H38FN3O4S. The summed E-state index contributed by atoms with van der Waals surface area (Å²) in [4.78, 5) is 28.1. The molecule has 2 rings (SSSR count). The lowest BCUT2D eigenvalue weighted by Gasteiger charge is -2.32. The van der Waals surface area contributed by atoms with Crippen LogP contribution >= 0.6 is 0 Å². The van der Waals surface area contributed by atoms with Gasteiger partial charge in [-0.15, -0.1) is 0 Å². The van der Waals surface area contributed by atoms with Gasteiger partial charge in [-0.25, -0.2) is 12.8 Å². The average molecular weight is 520 g/mol. The first-order valence-corrected chi connectivity index (χ1v) is 14.2. The van der Waals surface area contributed by atoms with E-state index in [0.29, 0.717) is 12.1 Å². The van der Waals surface area contributed by atoms with E-state index in [2.05, 4.69) is 5.32 Å². The van der Waals surface area contributed by atoms with Crippen LogP contribution < -0.4 is 9.62 Å². The quantitative estimate of drug-likeness (QED) is 0.425. The zero-order valence-electron chi connectivity index (χ0n) is 21.8. The molecule has 0 spiro atoms. The Morgan fingerprint density at radius 2 is 1.72 bits per heavy atom. The van der Waals surface area contributed by atoms with E-state index in [1.54, 1.807) is 4.90 Å². The fourth-order valence-corrected chi connectivity index (χ4v) is 4.94. The van der Waals surface area contributed by atoms with E-state index in [1.165, 1.54) is 24.3 Å². The predicted molar refractivity (Wildman–Crippen MR) is 142 cm³/mol. The van der Waals surface area contributed by atoms with Crippen molar-refractivity contribution in [1.29, 1.82) is 0 Å². The Balaban J connectivity index is 2.22. The summed E-state index contributed by atoms with van der Waals surface area (Å²) in [6, 6.07) is 12.3. The van der Waals surface area contributed by atoms with E-state index < -0.39 is 21.9 Å². The lowest BCUT2D eigenvalue weighted by Crippen LogP contribution is -2.50. The first-order chi connectivity index (χ1) is 17.0. The number of hydrogen-bond acceptors (Lipinski definition) is 4. The maximum absolute atomic E-state index is 13.4. The second-order valence-electron chi connectivity index (χ2n) is 9.17. The number of anilines is 1. The van der Waals surface area contributed by atoms with E-state index in [-0.39, 0.29) is 43.8 Å². The Labute approximate surface area is 214 Å². The average Bonchev–Trinajstić information content (AvgIpc) is 2.81. The summed E-state index contributed by atoms with van der Waals surface area (Å²) in [5, 5.41) is 2.98. The van der Waals surface area contributed by atoms with Crippen LogP contribution in [-0.2, 0) is 26.2 Å². The summed E-state index contributed by atoms with van der Waals surface area (Å²) in [7, 11) is -3.63. The highest BCUT2D eigenvalue weighted by Gasteiger charge is 2.29. The standard InChI is InChI=1S/C27H38FN3O4S/c1-6-21(4)29-27(33)25(7-2)30(19-22-11-8-10-20(3)18-22)26(32)12-9-17-31(36(5,34)35)24-15-13-23(28)14-16-24/h8,10-11,13-16,18,21,25H,6-7,9,12,17,19H2,1-5H3,(H,29,33)/t21-,25-/m1/s1. The van der Waals surface area contributed by atoms with E-state index in [0.717, 1.165) is 28.1 Å². The molecule has 7 nitrogen and oxygen atoms in total. The van der Waals surface area contributed by atoms with Crippen LogP contribution in [0.4, 0.5) is 10.1 Å². The van der Waals surface area contributed by atoms with Gasteiger partial charge in [-0.2, -0.15) is 0 Å². The van der Waals surface area contributed by atoms with Crippen LogP contribution in [0, 0.1) is 12.7 Å².